The summed E-state index contributed by atoms with van der Waals surface area (Å²) in [6.07, 6.45) is -0.257. The van der Waals surface area contributed by atoms with E-state index in [0.29, 0.717) is 11.3 Å². The van der Waals surface area contributed by atoms with Crippen molar-refractivity contribution in [2.24, 2.45) is 0 Å². The second kappa shape index (κ2) is 6.89. The monoisotopic (exact) mass is 306 g/mol. The van der Waals surface area contributed by atoms with E-state index in [0.717, 1.165) is 12.1 Å². The first-order valence-electron chi connectivity index (χ1n) is 6.48. The van der Waals surface area contributed by atoms with Crippen molar-refractivity contribution in [3.05, 3.63) is 71.6 Å². The van der Waals surface area contributed by atoms with Crippen molar-refractivity contribution in [2.75, 3.05) is 0 Å². The number of alkyl halides is 3. The summed E-state index contributed by atoms with van der Waals surface area (Å²) in [5, 5.41) is 2.60. The molecule has 0 saturated carbocycles. The molecule has 1 aromatic carbocycles. The molecule has 1 N–H and O–H groups in total. The highest BCUT2D eigenvalue weighted by atomic mass is 19.4. The second-order valence-electron chi connectivity index (χ2n) is 4.50. The van der Waals surface area contributed by atoms with Crippen LogP contribution < -0.4 is 5.32 Å². The number of hydrogen-bond acceptors (Lipinski definition) is 2. The summed E-state index contributed by atoms with van der Waals surface area (Å²) in [5.74, 6) is -0.400. The van der Waals surface area contributed by atoms with Gasteiger partial charge in [0.1, 0.15) is 0 Å². The van der Waals surface area contributed by atoms with Gasteiger partial charge in [0.15, 0.2) is 0 Å². The van der Waals surface area contributed by atoms with Crippen molar-refractivity contribution in [2.45, 2.75) is 12.7 Å². The standard InChI is InChI=1S/C16H13F3N2O/c17-16(18,19)13-5-3-4-12(10-13)7-8-15(22)21-11-14-6-1-2-9-20-14/h1-10H,11H2,(H,21,22)/b8-7+. The highest BCUT2D eigenvalue weighted by Crippen LogP contribution is 2.29. The van der Waals surface area contributed by atoms with Crippen LogP contribution in [0.4, 0.5) is 13.2 Å². The van der Waals surface area contributed by atoms with E-state index in [9.17, 15) is 18.0 Å². The first kappa shape index (κ1) is 15.8. The highest BCUT2D eigenvalue weighted by Gasteiger charge is 2.30. The molecule has 1 amide bonds. The van der Waals surface area contributed by atoms with Crippen molar-refractivity contribution in [3.8, 4) is 0 Å². The van der Waals surface area contributed by atoms with Crippen LogP contribution in [0.3, 0.4) is 0 Å². The minimum absolute atomic E-state index is 0.257. The summed E-state index contributed by atoms with van der Waals surface area (Å²) in [7, 11) is 0. The number of pyridine rings is 1. The number of rotatable bonds is 4. The van der Waals surface area contributed by atoms with E-state index in [1.807, 2.05) is 0 Å². The van der Waals surface area contributed by atoms with Crippen LogP contribution >= 0.6 is 0 Å². The third-order valence-corrected chi connectivity index (χ3v) is 2.81. The molecule has 0 spiro atoms. The smallest absolute Gasteiger partial charge is 0.347 e. The summed E-state index contributed by atoms with van der Waals surface area (Å²) < 4.78 is 37.7. The molecule has 0 radical (unpaired) electrons. The Morgan fingerprint density at radius 1 is 1.18 bits per heavy atom. The summed E-state index contributed by atoms with van der Waals surface area (Å²) in [6, 6.07) is 10.1. The Morgan fingerprint density at radius 3 is 2.68 bits per heavy atom. The minimum atomic E-state index is -4.40. The van der Waals surface area contributed by atoms with Crippen molar-refractivity contribution < 1.29 is 18.0 Å². The van der Waals surface area contributed by atoms with E-state index in [-0.39, 0.29) is 6.54 Å². The van der Waals surface area contributed by atoms with E-state index in [4.69, 9.17) is 0 Å². The van der Waals surface area contributed by atoms with Crippen LogP contribution in [0.1, 0.15) is 16.8 Å². The zero-order valence-corrected chi connectivity index (χ0v) is 11.5. The average Bonchev–Trinajstić information content (AvgIpc) is 2.51. The van der Waals surface area contributed by atoms with Crippen LogP contribution in [0.25, 0.3) is 6.08 Å². The van der Waals surface area contributed by atoms with Gasteiger partial charge in [0.25, 0.3) is 0 Å². The molecule has 0 aliphatic rings. The predicted molar refractivity (Wildman–Crippen MR) is 76.6 cm³/mol. The molecule has 6 heteroatoms. The van der Waals surface area contributed by atoms with E-state index < -0.39 is 17.6 Å². The maximum Gasteiger partial charge on any atom is 0.416 e. The highest BCUT2D eigenvalue weighted by molar-refractivity contribution is 5.91. The third-order valence-electron chi connectivity index (χ3n) is 2.81. The Hall–Kier alpha value is -2.63. The van der Waals surface area contributed by atoms with E-state index in [1.54, 1.807) is 24.4 Å². The number of carbonyl (C=O) groups is 1. The number of carbonyl (C=O) groups excluding carboxylic acids is 1. The number of benzene rings is 1. The maximum absolute atomic E-state index is 12.6. The van der Waals surface area contributed by atoms with Crippen LogP contribution in [-0.4, -0.2) is 10.9 Å². The first-order valence-corrected chi connectivity index (χ1v) is 6.48. The zero-order chi connectivity index (χ0) is 16.0. The normalized spacial score (nSPS) is 11.6. The summed E-state index contributed by atoms with van der Waals surface area (Å²) in [4.78, 5) is 15.7. The maximum atomic E-state index is 12.6. The van der Waals surface area contributed by atoms with Gasteiger partial charge in [-0.2, -0.15) is 13.2 Å². The van der Waals surface area contributed by atoms with Gasteiger partial charge < -0.3 is 5.32 Å². The SMILES string of the molecule is O=C(/C=C/c1cccc(C(F)(F)F)c1)NCc1ccccn1. The summed E-state index contributed by atoms with van der Waals surface area (Å²) in [6.45, 7) is 0.257. The second-order valence-corrected chi connectivity index (χ2v) is 4.50. The van der Waals surface area contributed by atoms with Gasteiger partial charge in [-0.25, -0.2) is 0 Å². The fourth-order valence-corrected chi connectivity index (χ4v) is 1.73. The van der Waals surface area contributed by atoms with Gasteiger partial charge in [0.05, 0.1) is 17.8 Å². The van der Waals surface area contributed by atoms with Crippen molar-refractivity contribution in [1.82, 2.24) is 10.3 Å². The molecule has 1 aromatic heterocycles. The van der Waals surface area contributed by atoms with Crippen LogP contribution in [0.15, 0.2) is 54.7 Å². The van der Waals surface area contributed by atoms with Gasteiger partial charge in [-0.3, -0.25) is 9.78 Å². The fraction of sp³-hybridized carbons (Fsp3) is 0.125. The van der Waals surface area contributed by atoms with Crippen LogP contribution in [0.5, 0.6) is 0 Å². The molecule has 22 heavy (non-hydrogen) atoms. The number of aromatic nitrogens is 1. The van der Waals surface area contributed by atoms with E-state index >= 15 is 0 Å². The molecule has 0 aliphatic heterocycles. The van der Waals surface area contributed by atoms with Gasteiger partial charge in [-0.15, -0.1) is 0 Å². The number of amides is 1. The van der Waals surface area contributed by atoms with Gasteiger partial charge in [0.2, 0.25) is 5.91 Å². The molecule has 0 fully saturated rings. The molecule has 0 unspecified atom stereocenters. The Balaban J connectivity index is 1.95. The molecule has 0 aliphatic carbocycles. The largest absolute Gasteiger partial charge is 0.416 e. The quantitative estimate of drug-likeness (QED) is 0.879. The minimum Gasteiger partial charge on any atom is -0.347 e. The predicted octanol–water partition coefficient (Wildman–Crippen LogP) is 3.43. The van der Waals surface area contributed by atoms with Crippen molar-refractivity contribution in [3.63, 3.8) is 0 Å². The summed E-state index contributed by atoms with van der Waals surface area (Å²) >= 11 is 0. The number of nitrogens with zero attached hydrogens (tertiary/aromatic N) is 1. The molecule has 1 heterocycles. The lowest BCUT2D eigenvalue weighted by Gasteiger charge is -2.06. The average molecular weight is 306 g/mol. The molecule has 114 valence electrons. The lowest BCUT2D eigenvalue weighted by atomic mass is 10.1. The number of hydrogen-bond donors (Lipinski definition) is 1. The molecule has 0 atom stereocenters. The zero-order valence-electron chi connectivity index (χ0n) is 11.5. The molecule has 2 aromatic rings. The summed E-state index contributed by atoms with van der Waals surface area (Å²) in [5.41, 5.74) is 0.259. The van der Waals surface area contributed by atoms with E-state index in [2.05, 4.69) is 10.3 Å². The molecule has 3 nitrogen and oxygen atoms in total. The lowest BCUT2D eigenvalue weighted by Crippen LogP contribution is -2.20. The third kappa shape index (κ3) is 4.73. The molecular weight excluding hydrogens is 293 g/mol. The Bertz CT molecular complexity index is 667. The van der Waals surface area contributed by atoms with Crippen molar-refractivity contribution in [1.29, 1.82) is 0 Å². The van der Waals surface area contributed by atoms with Crippen LogP contribution in [0.2, 0.25) is 0 Å². The Morgan fingerprint density at radius 2 is 2.00 bits per heavy atom. The fourth-order valence-electron chi connectivity index (χ4n) is 1.73. The number of nitrogens with one attached hydrogen (secondary N) is 1. The first-order chi connectivity index (χ1) is 10.4. The number of halogens is 3. The molecular formula is C16H13F3N2O. The van der Waals surface area contributed by atoms with E-state index in [1.165, 1.54) is 24.3 Å². The molecule has 0 saturated heterocycles. The van der Waals surface area contributed by atoms with Crippen molar-refractivity contribution >= 4 is 12.0 Å². The topological polar surface area (TPSA) is 42.0 Å². The lowest BCUT2D eigenvalue weighted by molar-refractivity contribution is -0.137. The van der Waals surface area contributed by atoms with Gasteiger partial charge in [0, 0.05) is 12.3 Å². The van der Waals surface area contributed by atoms with Gasteiger partial charge >= 0.3 is 6.18 Å². The van der Waals surface area contributed by atoms with Crippen LogP contribution in [0, 0.1) is 0 Å². The Labute approximate surface area is 125 Å². The van der Waals surface area contributed by atoms with Gasteiger partial charge in [-0.1, -0.05) is 18.2 Å². The molecule has 0 bridgehead atoms. The molecule has 2 rings (SSSR count). The Kier molecular flexibility index (Phi) is 4.93. The van der Waals surface area contributed by atoms with Crippen LogP contribution in [-0.2, 0) is 17.5 Å². The van der Waals surface area contributed by atoms with Gasteiger partial charge in [-0.05, 0) is 35.9 Å².